The van der Waals surface area contributed by atoms with Crippen LogP contribution in [0.2, 0.25) is 5.02 Å². The Balaban J connectivity index is 2.31. The number of rotatable bonds is 3. The molecule has 18 heavy (non-hydrogen) atoms. The van der Waals surface area contributed by atoms with E-state index in [1.54, 1.807) is 24.1 Å². The van der Waals surface area contributed by atoms with Gasteiger partial charge in [0.2, 0.25) is 5.91 Å². The van der Waals surface area contributed by atoms with Crippen LogP contribution in [-0.4, -0.2) is 25.6 Å². The number of carbonyl (C=O) groups is 1. The van der Waals surface area contributed by atoms with Crippen LogP contribution in [0.4, 0.5) is 5.69 Å². The molecule has 1 aliphatic rings. The lowest BCUT2D eigenvalue weighted by molar-refractivity contribution is -0.117. The summed E-state index contributed by atoms with van der Waals surface area (Å²) in [5, 5.41) is 0.506. The van der Waals surface area contributed by atoms with Gasteiger partial charge in [-0.05, 0) is 31.7 Å². The summed E-state index contributed by atoms with van der Waals surface area (Å²) in [4.78, 5) is 13.8. The molecule has 0 aliphatic carbocycles. The molecule has 1 fully saturated rings. The van der Waals surface area contributed by atoms with Crippen molar-refractivity contribution in [1.82, 2.24) is 0 Å². The van der Waals surface area contributed by atoms with Crippen molar-refractivity contribution in [3.8, 4) is 5.75 Å². The summed E-state index contributed by atoms with van der Waals surface area (Å²) < 4.78 is 5.10. The van der Waals surface area contributed by atoms with Crippen LogP contribution in [-0.2, 0) is 4.79 Å². The molecular formula is C13H17ClN2O2. The minimum Gasteiger partial charge on any atom is -0.495 e. The number of methoxy groups -OCH3 is 1. The van der Waals surface area contributed by atoms with Crippen LogP contribution < -0.4 is 15.4 Å². The van der Waals surface area contributed by atoms with Crippen molar-refractivity contribution >= 4 is 23.2 Å². The van der Waals surface area contributed by atoms with Gasteiger partial charge in [-0.15, -0.1) is 0 Å². The number of benzene rings is 1. The van der Waals surface area contributed by atoms with Crippen LogP contribution >= 0.6 is 11.6 Å². The Labute approximate surface area is 112 Å². The van der Waals surface area contributed by atoms with Gasteiger partial charge in [-0.2, -0.15) is 0 Å². The van der Waals surface area contributed by atoms with E-state index in [-0.39, 0.29) is 17.9 Å². The summed E-state index contributed by atoms with van der Waals surface area (Å²) in [6.07, 6.45) is 0.501. The molecule has 4 nitrogen and oxygen atoms in total. The second kappa shape index (κ2) is 5.16. The average molecular weight is 269 g/mol. The first-order valence-electron chi connectivity index (χ1n) is 5.94. The van der Waals surface area contributed by atoms with Crippen molar-refractivity contribution in [2.24, 2.45) is 11.7 Å². The summed E-state index contributed by atoms with van der Waals surface area (Å²) >= 11 is 6.09. The van der Waals surface area contributed by atoms with E-state index in [1.807, 2.05) is 13.0 Å². The van der Waals surface area contributed by atoms with E-state index in [0.29, 0.717) is 23.7 Å². The number of amides is 1. The van der Waals surface area contributed by atoms with Gasteiger partial charge in [0.25, 0.3) is 0 Å². The molecule has 0 aromatic heterocycles. The van der Waals surface area contributed by atoms with Crippen molar-refractivity contribution < 1.29 is 9.53 Å². The van der Waals surface area contributed by atoms with Crippen molar-refractivity contribution in [3.05, 3.63) is 23.2 Å². The van der Waals surface area contributed by atoms with E-state index in [9.17, 15) is 4.79 Å². The maximum atomic E-state index is 12.0. The third-order valence-corrected chi connectivity index (χ3v) is 3.81. The largest absolute Gasteiger partial charge is 0.495 e. The summed E-state index contributed by atoms with van der Waals surface area (Å²) in [6, 6.07) is 5.48. The predicted molar refractivity (Wildman–Crippen MR) is 72.1 cm³/mol. The summed E-state index contributed by atoms with van der Waals surface area (Å²) in [5.74, 6) is 0.910. The highest BCUT2D eigenvalue weighted by Crippen LogP contribution is 2.34. The van der Waals surface area contributed by atoms with E-state index >= 15 is 0 Å². The first-order valence-corrected chi connectivity index (χ1v) is 6.32. The minimum atomic E-state index is 0.0965. The fraction of sp³-hybridized carbons (Fsp3) is 0.462. The third-order valence-electron chi connectivity index (χ3n) is 3.51. The number of hydrogen-bond donors (Lipinski definition) is 1. The van der Waals surface area contributed by atoms with E-state index < -0.39 is 0 Å². The van der Waals surface area contributed by atoms with E-state index in [1.165, 1.54) is 0 Å². The maximum absolute atomic E-state index is 12.0. The van der Waals surface area contributed by atoms with Gasteiger partial charge in [0.1, 0.15) is 5.75 Å². The topological polar surface area (TPSA) is 55.6 Å². The zero-order valence-electron chi connectivity index (χ0n) is 10.5. The van der Waals surface area contributed by atoms with Gasteiger partial charge in [0.05, 0.1) is 12.1 Å². The van der Waals surface area contributed by atoms with Crippen molar-refractivity contribution in [1.29, 1.82) is 0 Å². The molecule has 0 radical (unpaired) electrons. The van der Waals surface area contributed by atoms with Crippen LogP contribution in [0.15, 0.2) is 18.2 Å². The summed E-state index contributed by atoms with van der Waals surface area (Å²) in [7, 11) is 1.56. The van der Waals surface area contributed by atoms with Gasteiger partial charge in [0.15, 0.2) is 0 Å². The Kier molecular flexibility index (Phi) is 3.78. The fourth-order valence-electron chi connectivity index (χ4n) is 2.40. The molecule has 5 heteroatoms. The van der Waals surface area contributed by atoms with Crippen LogP contribution in [0.1, 0.15) is 13.3 Å². The molecule has 2 N–H and O–H groups in total. The monoisotopic (exact) mass is 268 g/mol. The zero-order chi connectivity index (χ0) is 13.3. The van der Waals surface area contributed by atoms with Gasteiger partial charge in [0, 0.05) is 24.1 Å². The van der Waals surface area contributed by atoms with Gasteiger partial charge < -0.3 is 15.4 Å². The third kappa shape index (κ3) is 2.18. The second-order valence-corrected chi connectivity index (χ2v) is 4.93. The molecule has 2 unspecified atom stereocenters. The Morgan fingerprint density at radius 2 is 2.28 bits per heavy atom. The average Bonchev–Trinajstić information content (AvgIpc) is 2.64. The SMILES string of the molecule is COc1ccc(N2C(=O)CC(CN)C2C)cc1Cl. The normalized spacial score (nSPS) is 23.6. The quantitative estimate of drug-likeness (QED) is 0.913. The molecule has 98 valence electrons. The number of ether oxygens (including phenoxy) is 1. The molecule has 2 atom stereocenters. The number of hydrogen-bond acceptors (Lipinski definition) is 3. The second-order valence-electron chi connectivity index (χ2n) is 4.52. The first-order chi connectivity index (χ1) is 8.58. The highest BCUT2D eigenvalue weighted by Gasteiger charge is 2.36. The van der Waals surface area contributed by atoms with Crippen LogP contribution in [0, 0.1) is 5.92 Å². The van der Waals surface area contributed by atoms with Crippen molar-refractivity contribution in [3.63, 3.8) is 0 Å². The summed E-state index contributed by atoms with van der Waals surface area (Å²) in [6.45, 7) is 2.54. The van der Waals surface area contributed by atoms with Gasteiger partial charge in [-0.1, -0.05) is 11.6 Å². The van der Waals surface area contributed by atoms with E-state index in [4.69, 9.17) is 22.1 Å². The smallest absolute Gasteiger partial charge is 0.227 e. The van der Waals surface area contributed by atoms with Crippen LogP contribution in [0.3, 0.4) is 0 Å². The zero-order valence-corrected chi connectivity index (χ0v) is 11.3. The fourth-order valence-corrected chi connectivity index (χ4v) is 2.65. The first kappa shape index (κ1) is 13.2. The highest BCUT2D eigenvalue weighted by molar-refractivity contribution is 6.32. The van der Waals surface area contributed by atoms with Crippen molar-refractivity contribution in [2.75, 3.05) is 18.6 Å². The molecule has 1 amide bonds. The molecule has 0 spiro atoms. The lowest BCUT2D eigenvalue weighted by Gasteiger charge is -2.24. The molecule has 1 aromatic rings. The Morgan fingerprint density at radius 1 is 1.56 bits per heavy atom. The molecule has 1 saturated heterocycles. The van der Waals surface area contributed by atoms with E-state index in [2.05, 4.69) is 0 Å². The Hall–Kier alpha value is -1.26. The summed E-state index contributed by atoms with van der Waals surface area (Å²) in [5.41, 5.74) is 6.48. The molecule has 1 aliphatic heterocycles. The van der Waals surface area contributed by atoms with Gasteiger partial charge in [-0.3, -0.25) is 4.79 Å². The van der Waals surface area contributed by atoms with Crippen LogP contribution in [0.5, 0.6) is 5.75 Å². The lowest BCUT2D eigenvalue weighted by Crippen LogP contribution is -2.34. The molecule has 0 saturated carbocycles. The Morgan fingerprint density at radius 3 is 2.78 bits per heavy atom. The number of nitrogens with two attached hydrogens (primary N) is 1. The Bertz CT molecular complexity index is 464. The molecule has 0 bridgehead atoms. The standard InChI is InChI=1S/C13H17ClN2O2/c1-8-9(7-15)5-13(17)16(8)10-3-4-12(18-2)11(14)6-10/h3-4,6,8-9H,5,7,15H2,1-2H3. The number of nitrogens with zero attached hydrogens (tertiary/aromatic N) is 1. The predicted octanol–water partition coefficient (Wildman–Crippen LogP) is 2.05. The van der Waals surface area contributed by atoms with Crippen LogP contribution in [0.25, 0.3) is 0 Å². The van der Waals surface area contributed by atoms with Gasteiger partial charge >= 0.3 is 0 Å². The molecular weight excluding hydrogens is 252 g/mol. The number of anilines is 1. The lowest BCUT2D eigenvalue weighted by atomic mass is 10.0. The van der Waals surface area contributed by atoms with Gasteiger partial charge in [-0.25, -0.2) is 0 Å². The molecule has 1 heterocycles. The number of halogens is 1. The molecule has 1 aromatic carbocycles. The van der Waals surface area contributed by atoms with Crippen molar-refractivity contribution in [2.45, 2.75) is 19.4 Å². The number of carbonyl (C=O) groups excluding carboxylic acids is 1. The van der Waals surface area contributed by atoms with E-state index in [0.717, 1.165) is 5.69 Å². The molecule has 2 rings (SSSR count). The maximum Gasteiger partial charge on any atom is 0.227 e. The minimum absolute atomic E-state index is 0.0965. The highest BCUT2D eigenvalue weighted by atomic mass is 35.5.